The van der Waals surface area contributed by atoms with Gasteiger partial charge in [-0.25, -0.2) is 13.9 Å². The number of benzene rings is 1. The fourth-order valence-corrected chi connectivity index (χ4v) is 2.09. The normalized spacial score (nSPS) is 10.6. The summed E-state index contributed by atoms with van der Waals surface area (Å²) >= 11 is 3.29. The van der Waals surface area contributed by atoms with E-state index >= 15 is 0 Å². The lowest BCUT2D eigenvalue weighted by Gasteiger charge is -1.98. The molecule has 0 saturated carbocycles. The van der Waals surface area contributed by atoms with Crippen molar-refractivity contribution in [3.8, 4) is 17.5 Å². The monoisotopic (exact) mass is 316 g/mol. The highest BCUT2D eigenvalue weighted by Crippen LogP contribution is 2.24. The van der Waals surface area contributed by atoms with Gasteiger partial charge in [-0.15, -0.1) is 5.10 Å². The molecule has 0 spiro atoms. The summed E-state index contributed by atoms with van der Waals surface area (Å²) in [7, 11) is 0. The largest absolute Gasteiger partial charge is 0.219 e. The first-order valence-electron chi connectivity index (χ1n) is 5.39. The van der Waals surface area contributed by atoms with Crippen molar-refractivity contribution in [1.82, 2.24) is 14.6 Å². The number of aromatic nitrogens is 3. The van der Waals surface area contributed by atoms with Crippen molar-refractivity contribution >= 4 is 21.6 Å². The summed E-state index contributed by atoms with van der Waals surface area (Å²) in [5.41, 5.74) is 1.35. The predicted molar refractivity (Wildman–Crippen MR) is 70.8 cm³/mol. The minimum absolute atomic E-state index is 0.286. The third-order valence-corrected chi connectivity index (χ3v) is 3.12. The Morgan fingerprint density at radius 3 is 2.89 bits per heavy atom. The second kappa shape index (κ2) is 4.44. The van der Waals surface area contributed by atoms with Crippen molar-refractivity contribution in [3.05, 3.63) is 52.4 Å². The summed E-state index contributed by atoms with van der Waals surface area (Å²) in [5.74, 6) is -0.103. The van der Waals surface area contributed by atoms with Crippen LogP contribution in [0.2, 0.25) is 0 Å². The van der Waals surface area contributed by atoms with Crippen LogP contribution in [-0.2, 0) is 0 Å². The van der Waals surface area contributed by atoms with Crippen molar-refractivity contribution in [1.29, 1.82) is 5.26 Å². The van der Waals surface area contributed by atoms with Gasteiger partial charge in [-0.05, 0) is 30.3 Å². The average Bonchev–Trinajstić information content (AvgIpc) is 2.83. The maximum Gasteiger partial charge on any atom is 0.185 e. The first kappa shape index (κ1) is 11.8. The first-order valence-corrected chi connectivity index (χ1v) is 6.18. The van der Waals surface area contributed by atoms with Gasteiger partial charge in [0.2, 0.25) is 0 Å². The van der Waals surface area contributed by atoms with Crippen LogP contribution >= 0.6 is 15.9 Å². The zero-order valence-electron chi connectivity index (χ0n) is 9.51. The zero-order chi connectivity index (χ0) is 13.4. The Balaban J connectivity index is 2.21. The maximum atomic E-state index is 13.8. The number of nitrogens with zero attached hydrogens (tertiary/aromatic N) is 4. The Labute approximate surface area is 116 Å². The van der Waals surface area contributed by atoms with E-state index in [1.54, 1.807) is 30.5 Å². The van der Waals surface area contributed by atoms with Crippen molar-refractivity contribution < 1.29 is 4.39 Å². The molecule has 0 aliphatic heterocycles. The second-order valence-electron chi connectivity index (χ2n) is 3.89. The Morgan fingerprint density at radius 2 is 2.11 bits per heavy atom. The summed E-state index contributed by atoms with van der Waals surface area (Å²) in [6.45, 7) is 0. The fourth-order valence-electron chi connectivity index (χ4n) is 1.73. The van der Waals surface area contributed by atoms with Gasteiger partial charge in [0.1, 0.15) is 11.9 Å². The van der Waals surface area contributed by atoms with E-state index in [9.17, 15) is 4.39 Å². The molecule has 0 amide bonds. The fraction of sp³-hybridized carbons (Fsp3) is 0. The number of halogens is 2. The van der Waals surface area contributed by atoms with Crippen LogP contribution < -0.4 is 0 Å². The predicted octanol–water partition coefficient (Wildman–Crippen LogP) is 3.17. The molecule has 0 unspecified atom stereocenters. The molecule has 0 radical (unpaired) electrons. The molecule has 0 N–H and O–H groups in total. The summed E-state index contributed by atoms with van der Waals surface area (Å²) in [6.07, 6.45) is 1.56. The molecule has 0 fully saturated rings. The van der Waals surface area contributed by atoms with E-state index < -0.39 is 0 Å². The molecule has 92 valence electrons. The lowest BCUT2D eigenvalue weighted by atomic mass is 10.2. The highest BCUT2D eigenvalue weighted by molar-refractivity contribution is 9.10. The van der Waals surface area contributed by atoms with Crippen LogP contribution in [0.25, 0.3) is 17.0 Å². The van der Waals surface area contributed by atoms with Crippen LogP contribution in [0.5, 0.6) is 0 Å². The van der Waals surface area contributed by atoms with Gasteiger partial charge < -0.3 is 0 Å². The van der Waals surface area contributed by atoms with E-state index in [0.717, 1.165) is 4.47 Å². The Hall–Kier alpha value is -2.26. The van der Waals surface area contributed by atoms with E-state index in [1.807, 2.05) is 6.07 Å². The SMILES string of the molecule is N#Cc1ccc2nc(-c3cc(Br)ccc3F)nn2c1. The minimum atomic E-state index is -0.389. The van der Waals surface area contributed by atoms with Gasteiger partial charge in [-0.3, -0.25) is 0 Å². The molecule has 0 bridgehead atoms. The Kier molecular flexibility index (Phi) is 2.76. The molecule has 3 rings (SSSR count). The Morgan fingerprint density at radius 1 is 1.26 bits per heavy atom. The summed E-state index contributed by atoms with van der Waals surface area (Å²) in [5, 5.41) is 13.0. The van der Waals surface area contributed by atoms with Crippen LogP contribution in [0.3, 0.4) is 0 Å². The molecule has 0 atom stereocenters. The highest BCUT2D eigenvalue weighted by Gasteiger charge is 2.12. The molecular weight excluding hydrogens is 311 g/mol. The molecule has 1 aromatic carbocycles. The molecule has 19 heavy (non-hydrogen) atoms. The molecule has 3 aromatic rings. The van der Waals surface area contributed by atoms with Crippen LogP contribution in [0.15, 0.2) is 41.0 Å². The number of pyridine rings is 1. The van der Waals surface area contributed by atoms with Crippen LogP contribution in [-0.4, -0.2) is 14.6 Å². The van der Waals surface area contributed by atoms with Crippen LogP contribution in [0, 0.1) is 17.1 Å². The average molecular weight is 317 g/mol. The highest BCUT2D eigenvalue weighted by atomic mass is 79.9. The number of fused-ring (bicyclic) bond motifs is 1. The molecular formula is C13H6BrFN4. The molecule has 4 nitrogen and oxygen atoms in total. The Bertz CT molecular complexity index is 819. The van der Waals surface area contributed by atoms with Crippen molar-refractivity contribution in [2.24, 2.45) is 0 Å². The van der Waals surface area contributed by atoms with Gasteiger partial charge in [0, 0.05) is 10.7 Å². The van der Waals surface area contributed by atoms with Gasteiger partial charge in [0.05, 0.1) is 11.1 Å². The molecule has 0 aliphatic rings. The van der Waals surface area contributed by atoms with Gasteiger partial charge in [-0.2, -0.15) is 5.26 Å². The molecule has 6 heteroatoms. The lowest BCUT2D eigenvalue weighted by Crippen LogP contribution is -1.89. The van der Waals surface area contributed by atoms with Crippen molar-refractivity contribution in [2.45, 2.75) is 0 Å². The van der Waals surface area contributed by atoms with Crippen molar-refractivity contribution in [3.63, 3.8) is 0 Å². The number of rotatable bonds is 1. The summed E-state index contributed by atoms with van der Waals surface area (Å²) < 4.78 is 16.0. The van der Waals surface area contributed by atoms with Crippen LogP contribution in [0.4, 0.5) is 4.39 Å². The second-order valence-corrected chi connectivity index (χ2v) is 4.81. The van der Waals surface area contributed by atoms with E-state index in [-0.39, 0.29) is 11.6 Å². The maximum absolute atomic E-state index is 13.8. The quantitative estimate of drug-likeness (QED) is 0.693. The molecule has 2 aromatic heterocycles. The molecule has 0 aliphatic carbocycles. The summed E-state index contributed by atoms with van der Waals surface area (Å²) in [6, 6.07) is 9.92. The van der Waals surface area contributed by atoms with Crippen molar-refractivity contribution in [2.75, 3.05) is 0 Å². The minimum Gasteiger partial charge on any atom is -0.219 e. The molecule has 2 heterocycles. The zero-order valence-corrected chi connectivity index (χ0v) is 11.1. The topological polar surface area (TPSA) is 54.0 Å². The van der Waals surface area contributed by atoms with Gasteiger partial charge in [0.15, 0.2) is 11.5 Å². The smallest absolute Gasteiger partial charge is 0.185 e. The van der Waals surface area contributed by atoms with E-state index in [1.165, 1.54) is 10.6 Å². The van der Waals surface area contributed by atoms with E-state index in [4.69, 9.17) is 5.26 Å². The van der Waals surface area contributed by atoms with Gasteiger partial charge >= 0.3 is 0 Å². The number of hydrogen-bond donors (Lipinski definition) is 0. The third-order valence-electron chi connectivity index (χ3n) is 2.63. The molecule has 0 saturated heterocycles. The van der Waals surface area contributed by atoms with E-state index in [2.05, 4.69) is 26.0 Å². The van der Waals surface area contributed by atoms with Gasteiger partial charge in [-0.1, -0.05) is 15.9 Å². The number of nitriles is 1. The number of hydrogen-bond acceptors (Lipinski definition) is 3. The third kappa shape index (κ3) is 2.09. The first-order chi connectivity index (χ1) is 9.17. The standard InChI is InChI=1S/C13H6BrFN4/c14-9-2-3-11(15)10(5-9)13-17-12-4-1-8(6-16)7-19(12)18-13/h1-5,7H. The summed E-state index contributed by atoms with van der Waals surface area (Å²) in [4.78, 5) is 4.24. The lowest BCUT2D eigenvalue weighted by molar-refractivity contribution is 0.629. The van der Waals surface area contributed by atoms with E-state index in [0.29, 0.717) is 16.8 Å². The van der Waals surface area contributed by atoms with Crippen LogP contribution in [0.1, 0.15) is 5.56 Å². The van der Waals surface area contributed by atoms with Gasteiger partial charge in [0.25, 0.3) is 0 Å².